The summed E-state index contributed by atoms with van der Waals surface area (Å²) in [5, 5.41) is 60.7. The number of amides is 1. The number of methoxy groups -OCH3 is 1. The van der Waals surface area contributed by atoms with Crippen LogP contribution < -0.4 is 15.9 Å². The van der Waals surface area contributed by atoms with Gasteiger partial charge in [-0.25, -0.2) is 5.43 Å². The molecule has 286 valence electrons. The van der Waals surface area contributed by atoms with Crippen molar-refractivity contribution in [2.75, 3.05) is 20.3 Å². The van der Waals surface area contributed by atoms with Crippen LogP contribution in [0.2, 0.25) is 0 Å². The van der Waals surface area contributed by atoms with E-state index in [4.69, 9.17) is 24.7 Å². The van der Waals surface area contributed by atoms with E-state index < -0.39 is 95.8 Å². The van der Waals surface area contributed by atoms with Gasteiger partial charge in [0.05, 0.1) is 73.6 Å². The van der Waals surface area contributed by atoms with Crippen molar-refractivity contribution in [3.8, 4) is 17.2 Å². The first-order valence-electron chi connectivity index (χ1n) is 18.0. The number of aromatic hydroxyl groups is 2. The van der Waals surface area contributed by atoms with Gasteiger partial charge >= 0.3 is 0 Å². The number of aliphatic hydroxyl groups is 3. The van der Waals surface area contributed by atoms with Crippen LogP contribution in [0.5, 0.6) is 17.2 Å². The SMILES string of the molecule is COc1cccc2c1C(=O)c1c(O)c3c(c(O)c1C2=O)C[C@@](O)(/C(CO)=N\NC(=O)CCOC1CC/C=C/CCC1)C[C@@H]3OC1C[C@H](N)[C@H](O)[C@H](C)O1. The van der Waals surface area contributed by atoms with Gasteiger partial charge in [-0.2, -0.15) is 5.10 Å². The Bertz CT molecular complexity index is 1800. The lowest BCUT2D eigenvalue weighted by atomic mass is 9.71. The molecule has 2 aromatic carbocycles. The molecule has 3 aliphatic carbocycles. The Labute approximate surface area is 306 Å². The Balaban J connectivity index is 1.33. The molecule has 15 heteroatoms. The van der Waals surface area contributed by atoms with E-state index in [2.05, 4.69) is 22.7 Å². The summed E-state index contributed by atoms with van der Waals surface area (Å²) in [7, 11) is 1.33. The number of ketones is 2. The number of aliphatic hydroxyl groups excluding tert-OH is 2. The third-order valence-corrected chi connectivity index (χ3v) is 10.5. The number of phenols is 2. The maximum atomic E-state index is 14.0. The van der Waals surface area contributed by atoms with Crippen LogP contribution in [-0.2, 0) is 25.4 Å². The third-order valence-electron chi connectivity index (χ3n) is 10.5. The summed E-state index contributed by atoms with van der Waals surface area (Å²) in [6.07, 6.45) is 3.83. The summed E-state index contributed by atoms with van der Waals surface area (Å²) < 4.78 is 23.4. The van der Waals surface area contributed by atoms with E-state index in [9.17, 15) is 39.9 Å². The molecule has 15 nitrogen and oxygen atoms in total. The molecule has 2 aromatic rings. The van der Waals surface area contributed by atoms with E-state index >= 15 is 0 Å². The number of benzene rings is 2. The molecule has 7 atom stereocenters. The zero-order chi connectivity index (χ0) is 38.0. The molecule has 0 radical (unpaired) electrons. The number of allylic oxidation sites excluding steroid dienone is 2. The average molecular weight is 738 g/mol. The number of nitrogens with two attached hydrogens (primary N) is 1. The minimum atomic E-state index is -2.12. The second-order valence-electron chi connectivity index (χ2n) is 14.1. The molecule has 1 fully saturated rings. The van der Waals surface area contributed by atoms with E-state index in [-0.39, 0.29) is 59.3 Å². The molecule has 1 saturated heterocycles. The van der Waals surface area contributed by atoms with E-state index in [0.29, 0.717) is 0 Å². The van der Waals surface area contributed by atoms with Crippen molar-refractivity contribution in [1.82, 2.24) is 5.43 Å². The van der Waals surface area contributed by atoms with Gasteiger partial charge < -0.3 is 50.2 Å². The maximum Gasteiger partial charge on any atom is 0.242 e. The number of hydrazone groups is 1. The summed E-state index contributed by atoms with van der Waals surface area (Å²) in [5.41, 5.74) is 4.78. The van der Waals surface area contributed by atoms with E-state index in [0.717, 1.165) is 32.1 Å². The number of carbonyl (C=O) groups is 3. The van der Waals surface area contributed by atoms with Crippen molar-refractivity contribution < 1.29 is 58.9 Å². The molecule has 8 N–H and O–H groups in total. The van der Waals surface area contributed by atoms with Gasteiger partial charge in [-0.3, -0.25) is 14.4 Å². The van der Waals surface area contributed by atoms with E-state index in [1.807, 2.05) is 0 Å². The van der Waals surface area contributed by atoms with E-state index in [1.54, 1.807) is 6.92 Å². The lowest BCUT2D eigenvalue weighted by Crippen LogP contribution is -2.53. The third kappa shape index (κ3) is 7.60. The lowest BCUT2D eigenvalue weighted by Gasteiger charge is -2.43. The molecule has 0 aromatic heterocycles. The fourth-order valence-electron chi connectivity index (χ4n) is 7.69. The van der Waals surface area contributed by atoms with Crippen LogP contribution in [0.25, 0.3) is 0 Å². The summed E-state index contributed by atoms with van der Waals surface area (Å²) >= 11 is 0. The highest BCUT2D eigenvalue weighted by Gasteiger charge is 2.49. The van der Waals surface area contributed by atoms with Crippen molar-refractivity contribution in [3.63, 3.8) is 0 Å². The highest BCUT2D eigenvalue weighted by molar-refractivity contribution is 6.31. The maximum absolute atomic E-state index is 14.0. The van der Waals surface area contributed by atoms with Crippen molar-refractivity contribution in [2.45, 2.75) is 107 Å². The van der Waals surface area contributed by atoms with Crippen LogP contribution in [0.1, 0.15) is 107 Å². The lowest BCUT2D eigenvalue weighted by molar-refractivity contribution is -0.245. The first-order chi connectivity index (χ1) is 25.4. The van der Waals surface area contributed by atoms with Crippen molar-refractivity contribution in [1.29, 1.82) is 0 Å². The molecule has 1 heterocycles. The van der Waals surface area contributed by atoms with Crippen LogP contribution in [0.3, 0.4) is 0 Å². The fraction of sp³-hybridized carbons (Fsp3) is 0.526. The largest absolute Gasteiger partial charge is 0.507 e. The van der Waals surface area contributed by atoms with Crippen LogP contribution in [0.4, 0.5) is 0 Å². The molecule has 53 heavy (non-hydrogen) atoms. The number of carbonyl (C=O) groups excluding carboxylic acids is 3. The molecule has 4 aliphatic rings. The fourth-order valence-corrected chi connectivity index (χ4v) is 7.69. The minimum Gasteiger partial charge on any atom is -0.507 e. The number of hydrogen-bond acceptors (Lipinski definition) is 14. The smallest absolute Gasteiger partial charge is 0.242 e. The first kappa shape index (κ1) is 38.5. The highest BCUT2D eigenvalue weighted by atomic mass is 16.7. The van der Waals surface area contributed by atoms with E-state index in [1.165, 1.54) is 25.3 Å². The Morgan fingerprint density at radius 2 is 1.85 bits per heavy atom. The number of nitrogens with zero attached hydrogens (tertiary/aromatic N) is 1. The molecule has 0 bridgehead atoms. The summed E-state index contributed by atoms with van der Waals surface area (Å²) in [6.45, 7) is 0.912. The number of hydrogen-bond donors (Lipinski definition) is 7. The Hall–Kier alpha value is -4.22. The topological polar surface area (TPSA) is 240 Å². The summed E-state index contributed by atoms with van der Waals surface area (Å²) in [5.74, 6) is -3.30. The number of phenolic OH excluding ortho intramolecular Hbond substituents is 2. The molecular weight excluding hydrogens is 690 g/mol. The second-order valence-corrected chi connectivity index (χ2v) is 14.1. The zero-order valence-electron chi connectivity index (χ0n) is 29.7. The summed E-state index contributed by atoms with van der Waals surface area (Å²) in [4.78, 5) is 40.6. The van der Waals surface area contributed by atoms with Gasteiger partial charge in [0.15, 0.2) is 12.1 Å². The second kappa shape index (κ2) is 16.0. The average Bonchev–Trinajstić information content (AvgIpc) is 3.11. The van der Waals surface area contributed by atoms with Gasteiger partial charge in [-0.15, -0.1) is 0 Å². The normalized spacial score (nSPS) is 29.3. The van der Waals surface area contributed by atoms with Gasteiger partial charge in [-0.1, -0.05) is 24.3 Å². The van der Waals surface area contributed by atoms with Crippen LogP contribution >= 0.6 is 0 Å². The van der Waals surface area contributed by atoms with Gasteiger partial charge in [0.1, 0.15) is 22.8 Å². The van der Waals surface area contributed by atoms with Crippen LogP contribution in [0, 0.1) is 0 Å². The van der Waals surface area contributed by atoms with Crippen molar-refractivity contribution in [2.24, 2.45) is 10.8 Å². The standard InChI is InChI=1S/C38H47N3O12/c1-19-33(44)23(39)15-28(52-19)53-25-17-38(49,26(18-42)40-41-27(43)13-14-51-20-9-6-4-3-5-7-10-20)16-22-30(25)37(48)32-31(35(22)46)34(45)21-11-8-12-24(50-2)29(21)36(32)47/h3-4,8,11-12,19-20,23,25,28,33,42,44,46,48-49H,5-7,9-10,13-18,39H2,1-2H3,(H,41,43)/b4-3+,40-26-/t19-,20?,23-,25-,28?,33+,38-/m0/s1. The molecule has 1 aliphatic heterocycles. The summed E-state index contributed by atoms with van der Waals surface area (Å²) in [6, 6.07) is 3.65. The quantitative estimate of drug-likeness (QED) is 0.0685. The van der Waals surface area contributed by atoms with Gasteiger partial charge in [0.25, 0.3) is 0 Å². The number of rotatable bonds is 10. The molecule has 1 amide bonds. The van der Waals surface area contributed by atoms with Crippen LogP contribution in [-0.4, -0.2) is 105 Å². The molecule has 0 saturated carbocycles. The highest BCUT2D eigenvalue weighted by Crippen LogP contribution is 2.52. The first-order valence-corrected chi connectivity index (χ1v) is 18.0. The zero-order valence-corrected chi connectivity index (χ0v) is 29.7. The number of nitrogens with one attached hydrogen (secondary N) is 1. The number of fused-ring (bicyclic) bond motifs is 3. The van der Waals surface area contributed by atoms with Crippen molar-refractivity contribution in [3.05, 3.63) is 63.7 Å². The van der Waals surface area contributed by atoms with Crippen molar-refractivity contribution >= 4 is 23.2 Å². The predicted octanol–water partition coefficient (Wildman–Crippen LogP) is 2.20. The Kier molecular flexibility index (Phi) is 11.6. The number of ether oxygens (including phenoxy) is 4. The molecular formula is C38H47N3O12. The van der Waals surface area contributed by atoms with Gasteiger partial charge in [0.2, 0.25) is 11.7 Å². The predicted molar refractivity (Wildman–Crippen MR) is 189 cm³/mol. The monoisotopic (exact) mass is 737 g/mol. The Morgan fingerprint density at radius 1 is 1.09 bits per heavy atom. The van der Waals surface area contributed by atoms with Gasteiger partial charge in [-0.05, 0) is 45.1 Å². The van der Waals surface area contributed by atoms with Gasteiger partial charge in [0, 0.05) is 42.0 Å². The van der Waals surface area contributed by atoms with Crippen LogP contribution in [0.15, 0.2) is 35.5 Å². The molecule has 2 unspecified atom stereocenters. The minimum absolute atomic E-state index is 0.00603. The Morgan fingerprint density at radius 3 is 2.58 bits per heavy atom. The molecule has 0 spiro atoms. The molecule has 6 rings (SSSR count).